The zero-order valence-electron chi connectivity index (χ0n) is 39.8. The molecule has 2 saturated heterocycles. The van der Waals surface area contributed by atoms with Crippen molar-refractivity contribution in [1.82, 2.24) is 20.4 Å². The van der Waals surface area contributed by atoms with Crippen molar-refractivity contribution in [2.75, 3.05) is 37.9 Å². The maximum atomic E-state index is 14.0. The molecule has 0 radical (unpaired) electrons. The monoisotopic (exact) mass is 914 g/mol. The zero-order valence-corrected chi connectivity index (χ0v) is 39.8. The molecule has 2 unspecified atom stereocenters. The van der Waals surface area contributed by atoms with Gasteiger partial charge in [0.2, 0.25) is 23.6 Å². The topological polar surface area (TPSA) is 175 Å². The van der Waals surface area contributed by atoms with Gasteiger partial charge >= 0.3 is 12.2 Å². The number of amides is 6. The van der Waals surface area contributed by atoms with E-state index in [4.69, 9.17) is 9.47 Å². The zero-order chi connectivity index (χ0) is 47.4. The Balaban J connectivity index is 0.906. The summed E-state index contributed by atoms with van der Waals surface area (Å²) < 4.78 is 9.59. The molecule has 6 amide bonds. The highest BCUT2D eigenvalue weighted by atomic mass is 16.5. The number of ether oxygens (including phenoxy) is 2. The SMILES string of the molecule is COC(=O)N[C@@H](C(=O)N1CC2(CC2)CC1C(=O)Nc1ccc(-c2ccc(-c3ccc(NC(=O)C4CC5(CC5)CN4C(=O)[C@H](NC(=O)OC)C(C)C)cc3)c3c2CC2(CCCC2)C3)cc1)C(C)C. The summed E-state index contributed by atoms with van der Waals surface area (Å²) in [5, 5.41) is 11.6. The average molecular weight is 915 g/mol. The molecule has 3 aromatic carbocycles. The van der Waals surface area contributed by atoms with Gasteiger partial charge in [-0.05, 0) is 150 Å². The van der Waals surface area contributed by atoms with Crippen LogP contribution in [0.3, 0.4) is 0 Å². The van der Waals surface area contributed by atoms with Gasteiger partial charge in [0.05, 0.1) is 14.2 Å². The second-order valence-electron chi connectivity index (χ2n) is 21.4. The van der Waals surface area contributed by atoms with Gasteiger partial charge < -0.3 is 40.5 Å². The van der Waals surface area contributed by atoms with Crippen LogP contribution in [0.15, 0.2) is 60.7 Å². The number of methoxy groups -OCH3 is 2. The minimum Gasteiger partial charge on any atom is -0.453 e. The number of carbonyl (C=O) groups excluding carboxylic acids is 6. The standard InChI is InChI=1S/C53H66N6O8/c1-31(2)43(56-49(64)66-5)47(62)58-29-52(21-22-52)27-41(58)45(60)54-35-13-9-33(10-14-35)37-17-18-38(40-26-51(25-39(37)40)19-7-8-20-51)34-11-15-36(16-12-34)55-46(61)42-28-53(23-24-53)30-59(42)48(63)44(32(3)4)57-50(65)67-6/h9-18,31-32,41-44H,7-8,19-30H2,1-6H3,(H,54,60)(H,55,61)(H,56,64)(H,57,65)/t41?,42?,43-,44-/m1/s1. The van der Waals surface area contributed by atoms with Gasteiger partial charge in [-0.1, -0.05) is 76.9 Å². The van der Waals surface area contributed by atoms with Gasteiger partial charge in [0.1, 0.15) is 24.2 Å². The Labute approximate surface area is 393 Å². The molecule has 4 atom stereocenters. The first kappa shape index (κ1) is 46.2. The van der Waals surface area contributed by atoms with E-state index in [-0.39, 0.29) is 51.7 Å². The van der Waals surface area contributed by atoms with Crippen LogP contribution in [0.2, 0.25) is 0 Å². The Morgan fingerprint density at radius 1 is 0.537 bits per heavy atom. The lowest BCUT2D eigenvalue weighted by atomic mass is 9.82. The number of rotatable bonds is 12. The first-order valence-electron chi connectivity index (χ1n) is 24.3. The third-order valence-electron chi connectivity index (χ3n) is 16.0. The minimum absolute atomic E-state index is 0.0411. The quantitative estimate of drug-likeness (QED) is 0.141. The van der Waals surface area contributed by atoms with Gasteiger partial charge in [0.25, 0.3) is 0 Å². The van der Waals surface area contributed by atoms with Crippen molar-refractivity contribution in [2.45, 2.75) is 129 Å². The van der Waals surface area contributed by atoms with E-state index in [0.717, 1.165) is 49.7 Å². The summed E-state index contributed by atoms with van der Waals surface area (Å²) in [6, 6.07) is 17.6. The first-order valence-corrected chi connectivity index (χ1v) is 24.3. The lowest BCUT2D eigenvalue weighted by Crippen LogP contribution is -2.54. The Bertz CT molecular complexity index is 2270. The lowest BCUT2D eigenvalue weighted by Gasteiger charge is -2.30. The van der Waals surface area contributed by atoms with Crippen LogP contribution >= 0.6 is 0 Å². The van der Waals surface area contributed by atoms with Gasteiger partial charge in [0, 0.05) is 24.5 Å². The van der Waals surface area contributed by atoms with Crippen molar-refractivity contribution in [2.24, 2.45) is 28.1 Å². The number of hydrogen-bond donors (Lipinski definition) is 4. The Morgan fingerprint density at radius 2 is 0.910 bits per heavy atom. The highest BCUT2D eigenvalue weighted by Gasteiger charge is 2.57. The Hall–Kier alpha value is -5.92. The molecule has 356 valence electrons. The van der Waals surface area contributed by atoms with E-state index in [1.165, 1.54) is 62.2 Å². The number of nitrogens with one attached hydrogen (secondary N) is 4. The highest BCUT2D eigenvalue weighted by molar-refractivity contribution is 6.00. The number of fused-ring (bicyclic) bond motifs is 1. The number of nitrogens with zero attached hydrogens (tertiary/aromatic N) is 2. The molecule has 3 saturated carbocycles. The number of likely N-dealkylation sites (tertiary alicyclic amines) is 2. The van der Waals surface area contributed by atoms with Gasteiger partial charge in [-0.2, -0.15) is 0 Å². The molecule has 4 aliphatic carbocycles. The van der Waals surface area contributed by atoms with Crippen molar-refractivity contribution in [3.05, 3.63) is 71.8 Å². The molecule has 3 spiro atoms. The van der Waals surface area contributed by atoms with Gasteiger partial charge in [-0.3, -0.25) is 19.2 Å². The minimum atomic E-state index is -0.800. The predicted octanol–water partition coefficient (Wildman–Crippen LogP) is 8.08. The molecule has 4 N–H and O–H groups in total. The number of benzene rings is 3. The molecular weight excluding hydrogens is 849 g/mol. The van der Waals surface area contributed by atoms with E-state index in [9.17, 15) is 28.8 Å². The fourth-order valence-corrected chi connectivity index (χ4v) is 11.7. The van der Waals surface area contributed by atoms with Crippen molar-refractivity contribution in [3.8, 4) is 22.3 Å². The smallest absolute Gasteiger partial charge is 0.407 e. The van der Waals surface area contributed by atoms with Crippen molar-refractivity contribution < 1.29 is 38.2 Å². The third-order valence-corrected chi connectivity index (χ3v) is 16.0. The summed E-state index contributed by atoms with van der Waals surface area (Å²) in [5.74, 6) is -1.36. The summed E-state index contributed by atoms with van der Waals surface area (Å²) in [6.45, 7) is 8.48. The molecule has 0 bridgehead atoms. The number of anilines is 2. The molecule has 6 aliphatic rings. The third kappa shape index (κ3) is 9.24. The summed E-state index contributed by atoms with van der Waals surface area (Å²) in [5.41, 5.74) is 8.74. The van der Waals surface area contributed by atoms with Crippen molar-refractivity contribution >= 4 is 47.2 Å². The van der Waals surface area contributed by atoms with Crippen LogP contribution in [0.4, 0.5) is 21.0 Å². The van der Waals surface area contributed by atoms with Crippen LogP contribution in [0.25, 0.3) is 22.3 Å². The van der Waals surface area contributed by atoms with E-state index in [1.807, 2.05) is 52.0 Å². The number of alkyl carbamates (subject to hydrolysis) is 2. The second-order valence-corrected chi connectivity index (χ2v) is 21.4. The van der Waals surface area contributed by atoms with Crippen LogP contribution in [-0.2, 0) is 41.5 Å². The van der Waals surface area contributed by atoms with Gasteiger partial charge in [-0.15, -0.1) is 0 Å². The normalized spacial score (nSPS) is 22.1. The predicted molar refractivity (Wildman–Crippen MR) is 255 cm³/mol. The fraction of sp³-hybridized carbons (Fsp3) is 0.547. The molecule has 14 nitrogen and oxygen atoms in total. The summed E-state index contributed by atoms with van der Waals surface area (Å²) in [4.78, 5) is 83.2. The Morgan fingerprint density at radius 3 is 1.24 bits per heavy atom. The van der Waals surface area contributed by atoms with E-state index in [2.05, 4.69) is 57.7 Å². The average Bonchev–Trinajstić information content (AvgIpc) is 3.97. The van der Waals surface area contributed by atoms with E-state index < -0.39 is 36.4 Å². The molecule has 3 aromatic rings. The molecule has 0 aromatic heterocycles. The first-order chi connectivity index (χ1) is 32.0. The van der Waals surface area contributed by atoms with E-state index in [1.54, 1.807) is 9.80 Å². The molecule has 9 rings (SSSR count). The van der Waals surface area contributed by atoms with Crippen molar-refractivity contribution in [3.63, 3.8) is 0 Å². The largest absolute Gasteiger partial charge is 0.453 e. The van der Waals surface area contributed by atoms with E-state index in [0.29, 0.717) is 37.3 Å². The van der Waals surface area contributed by atoms with Gasteiger partial charge in [-0.25, -0.2) is 9.59 Å². The summed E-state index contributed by atoms with van der Waals surface area (Å²) >= 11 is 0. The maximum Gasteiger partial charge on any atom is 0.407 e. The summed E-state index contributed by atoms with van der Waals surface area (Å²) in [7, 11) is 2.54. The van der Waals surface area contributed by atoms with Crippen LogP contribution in [-0.4, -0.2) is 97.1 Å². The molecule has 5 fully saturated rings. The van der Waals surface area contributed by atoms with Crippen LogP contribution in [0, 0.1) is 28.1 Å². The van der Waals surface area contributed by atoms with Gasteiger partial charge in [0.15, 0.2) is 0 Å². The molecule has 2 heterocycles. The summed E-state index contributed by atoms with van der Waals surface area (Å²) in [6.07, 6.45) is 10.7. The number of carbonyl (C=O) groups is 6. The van der Waals surface area contributed by atoms with Crippen LogP contribution < -0.4 is 21.3 Å². The fourth-order valence-electron chi connectivity index (χ4n) is 11.7. The molecule has 2 aliphatic heterocycles. The molecule has 67 heavy (non-hydrogen) atoms. The lowest BCUT2D eigenvalue weighted by molar-refractivity contribution is -0.139. The number of hydrogen-bond acceptors (Lipinski definition) is 8. The van der Waals surface area contributed by atoms with Crippen molar-refractivity contribution in [1.29, 1.82) is 0 Å². The maximum absolute atomic E-state index is 14.0. The second kappa shape index (κ2) is 18.0. The van der Waals surface area contributed by atoms with Crippen LogP contribution in [0.1, 0.15) is 103 Å². The Kier molecular flexibility index (Phi) is 12.4. The molecule has 14 heteroatoms. The highest BCUT2D eigenvalue weighted by Crippen LogP contribution is 2.57. The van der Waals surface area contributed by atoms with Crippen LogP contribution in [0.5, 0.6) is 0 Å². The van der Waals surface area contributed by atoms with E-state index >= 15 is 0 Å². The molecular formula is C53H66N6O8.